The lowest BCUT2D eigenvalue weighted by Crippen LogP contribution is -2.41. The molecule has 0 unspecified atom stereocenters. The van der Waals surface area contributed by atoms with Crippen LogP contribution >= 0.6 is 34.8 Å². The molecule has 140 valence electrons. The molecule has 2 N–H and O–H groups in total. The third-order valence-electron chi connectivity index (χ3n) is 3.33. The Kier molecular flexibility index (Phi) is 6.76. The Labute approximate surface area is 166 Å². The highest BCUT2D eigenvalue weighted by Crippen LogP contribution is 2.28. The number of hydrogen-bond donors (Lipinski definition) is 2. The summed E-state index contributed by atoms with van der Waals surface area (Å²) in [6.07, 6.45) is 0. The molecule has 2 aromatic carbocycles. The first-order valence-corrected chi connectivity index (χ1v) is 9.87. The molecule has 1 amide bonds. The highest BCUT2D eigenvalue weighted by atomic mass is 35.5. The Bertz CT molecular complexity index is 935. The average Bonchev–Trinajstić information content (AvgIpc) is 2.56. The van der Waals surface area contributed by atoms with E-state index in [9.17, 15) is 13.2 Å². The van der Waals surface area contributed by atoms with Crippen molar-refractivity contribution in [2.45, 2.75) is 17.9 Å². The minimum atomic E-state index is -4.05. The maximum atomic E-state index is 12.6. The van der Waals surface area contributed by atoms with Gasteiger partial charge in [-0.15, -0.1) is 0 Å². The smallest absolute Gasteiger partial charge is 0.245 e. The second-order valence-electron chi connectivity index (χ2n) is 5.25. The summed E-state index contributed by atoms with van der Waals surface area (Å²) < 4.78 is 32.5. The third kappa shape index (κ3) is 5.02. The molecule has 0 radical (unpaired) electrons. The number of sulfonamides is 1. The number of amides is 1. The fraction of sp³-hybridized carbons (Fsp3) is 0.188. The van der Waals surface area contributed by atoms with E-state index in [-0.39, 0.29) is 20.7 Å². The van der Waals surface area contributed by atoms with Crippen LogP contribution < -0.4 is 14.8 Å². The van der Waals surface area contributed by atoms with Crippen molar-refractivity contribution in [1.82, 2.24) is 4.72 Å². The summed E-state index contributed by atoms with van der Waals surface area (Å²) in [4.78, 5) is 12.1. The Morgan fingerprint density at radius 3 is 2.31 bits per heavy atom. The number of nitrogens with one attached hydrogen (secondary N) is 2. The summed E-state index contributed by atoms with van der Waals surface area (Å²) in [7, 11) is -2.72. The van der Waals surface area contributed by atoms with E-state index in [1.54, 1.807) is 6.07 Å². The highest BCUT2D eigenvalue weighted by molar-refractivity contribution is 7.89. The van der Waals surface area contributed by atoms with Crippen LogP contribution in [0.1, 0.15) is 6.92 Å². The molecule has 26 heavy (non-hydrogen) atoms. The van der Waals surface area contributed by atoms with E-state index in [2.05, 4.69) is 10.0 Å². The van der Waals surface area contributed by atoms with Gasteiger partial charge < -0.3 is 10.1 Å². The van der Waals surface area contributed by atoms with Crippen molar-refractivity contribution in [2.75, 3.05) is 12.4 Å². The summed E-state index contributed by atoms with van der Waals surface area (Å²) in [5.74, 6) is -0.492. The molecule has 0 aromatic heterocycles. The molecule has 2 rings (SSSR count). The van der Waals surface area contributed by atoms with E-state index >= 15 is 0 Å². The van der Waals surface area contributed by atoms with Crippen LogP contribution in [0.2, 0.25) is 15.1 Å². The van der Waals surface area contributed by atoms with Gasteiger partial charge in [-0.25, -0.2) is 8.42 Å². The van der Waals surface area contributed by atoms with E-state index in [4.69, 9.17) is 39.5 Å². The quantitative estimate of drug-likeness (QED) is 0.716. The van der Waals surface area contributed by atoms with Crippen molar-refractivity contribution >= 4 is 56.4 Å². The standard InChI is InChI=1S/C16H15Cl3N2O4S/c1-9(16(22)20-13-5-3-10(17)7-12(13)19)21-26(23,24)15-8-11(18)4-6-14(15)25-2/h3-9,21H,1-2H3,(H,20,22)/t9-/m1/s1. The number of halogens is 3. The first-order valence-electron chi connectivity index (χ1n) is 7.26. The Morgan fingerprint density at radius 2 is 1.69 bits per heavy atom. The number of ether oxygens (including phenoxy) is 1. The van der Waals surface area contributed by atoms with Crippen molar-refractivity contribution in [2.24, 2.45) is 0 Å². The predicted molar refractivity (Wildman–Crippen MR) is 103 cm³/mol. The number of anilines is 1. The van der Waals surface area contributed by atoms with Gasteiger partial charge in [-0.1, -0.05) is 34.8 Å². The SMILES string of the molecule is COc1ccc(Cl)cc1S(=O)(=O)N[C@H](C)C(=O)Nc1ccc(Cl)cc1Cl. The van der Waals surface area contributed by atoms with Gasteiger partial charge in [0.15, 0.2) is 0 Å². The highest BCUT2D eigenvalue weighted by Gasteiger charge is 2.25. The van der Waals surface area contributed by atoms with Gasteiger partial charge in [-0.2, -0.15) is 4.72 Å². The Morgan fingerprint density at radius 1 is 1.08 bits per heavy atom. The fourth-order valence-corrected chi connectivity index (χ4v) is 4.13. The van der Waals surface area contributed by atoms with Crippen LogP contribution in [0.4, 0.5) is 5.69 Å². The lowest BCUT2D eigenvalue weighted by Gasteiger charge is -2.16. The molecule has 0 fully saturated rings. The Hall–Kier alpha value is -1.51. The first-order chi connectivity index (χ1) is 12.1. The zero-order chi connectivity index (χ0) is 19.5. The molecule has 0 aliphatic heterocycles. The van der Waals surface area contributed by atoms with Gasteiger partial charge in [-0.3, -0.25) is 4.79 Å². The van der Waals surface area contributed by atoms with E-state index in [1.165, 1.54) is 44.4 Å². The number of carbonyl (C=O) groups is 1. The normalized spacial score (nSPS) is 12.5. The lowest BCUT2D eigenvalue weighted by molar-refractivity contribution is -0.117. The van der Waals surface area contributed by atoms with Crippen LogP contribution in [0.5, 0.6) is 5.75 Å². The van der Waals surface area contributed by atoms with E-state index in [0.29, 0.717) is 10.7 Å². The molecule has 0 saturated heterocycles. The van der Waals surface area contributed by atoms with Gasteiger partial charge in [-0.05, 0) is 43.3 Å². The molecule has 0 bridgehead atoms. The lowest BCUT2D eigenvalue weighted by atomic mass is 10.3. The molecule has 0 saturated carbocycles. The number of hydrogen-bond acceptors (Lipinski definition) is 4. The molecule has 0 spiro atoms. The van der Waals surface area contributed by atoms with E-state index < -0.39 is 22.0 Å². The molecule has 1 atom stereocenters. The van der Waals surface area contributed by atoms with Crippen LogP contribution in [0, 0.1) is 0 Å². The fourth-order valence-electron chi connectivity index (χ4n) is 2.04. The van der Waals surface area contributed by atoms with Crippen molar-refractivity contribution in [3.63, 3.8) is 0 Å². The van der Waals surface area contributed by atoms with Crippen LogP contribution in [0.3, 0.4) is 0 Å². The zero-order valence-corrected chi connectivity index (χ0v) is 16.8. The molecule has 6 nitrogen and oxygen atoms in total. The largest absolute Gasteiger partial charge is 0.495 e. The Balaban J connectivity index is 2.18. The average molecular weight is 438 g/mol. The number of benzene rings is 2. The summed E-state index contributed by atoms with van der Waals surface area (Å²) in [5, 5.41) is 3.40. The van der Waals surface area contributed by atoms with Crippen molar-refractivity contribution in [1.29, 1.82) is 0 Å². The van der Waals surface area contributed by atoms with Gasteiger partial charge >= 0.3 is 0 Å². The van der Waals surface area contributed by atoms with Crippen molar-refractivity contribution in [3.8, 4) is 5.75 Å². The summed E-state index contributed by atoms with van der Waals surface area (Å²) in [6, 6.07) is 7.61. The van der Waals surface area contributed by atoms with Crippen LogP contribution in [0.15, 0.2) is 41.3 Å². The van der Waals surface area contributed by atoms with Crippen LogP contribution in [-0.4, -0.2) is 27.5 Å². The molecule has 0 heterocycles. The molecular formula is C16H15Cl3N2O4S. The maximum absolute atomic E-state index is 12.6. The summed E-state index contributed by atoms with van der Waals surface area (Å²) >= 11 is 17.7. The van der Waals surface area contributed by atoms with E-state index in [0.717, 1.165) is 0 Å². The molecule has 0 aliphatic rings. The molecule has 0 aliphatic carbocycles. The van der Waals surface area contributed by atoms with Crippen LogP contribution in [-0.2, 0) is 14.8 Å². The molecular weight excluding hydrogens is 423 g/mol. The van der Waals surface area contributed by atoms with Gasteiger partial charge in [0.1, 0.15) is 10.6 Å². The topological polar surface area (TPSA) is 84.5 Å². The number of methoxy groups -OCH3 is 1. The van der Waals surface area contributed by atoms with Gasteiger partial charge in [0.2, 0.25) is 15.9 Å². The summed E-state index contributed by atoms with van der Waals surface area (Å²) in [5.41, 5.74) is 0.312. The second kappa shape index (κ2) is 8.45. The van der Waals surface area contributed by atoms with Crippen LogP contribution in [0.25, 0.3) is 0 Å². The van der Waals surface area contributed by atoms with Gasteiger partial charge in [0.25, 0.3) is 0 Å². The number of carbonyl (C=O) groups excluding carboxylic acids is 1. The third-order valence-corrected chi connectivity index (χ3v) is 5.67. The maximum Gasteiger partial charge on any atom is 0.245 e. The summed E-state index contributed by atoms with van der Waals surface area (Å²) in [6.45, 7) is 1.40. The molecule has 10 heteroatoms. The second-order valence-corrected chi connectivity index (χ2v) is 8.21. The zero-order valence-electron chi connectivity index (χ0n) is 13.7. The minimum absolute atomic E-state index is 0.107. The van der Waals surface area contributed by atoms with Gasteiger partial charge in [0, 0.05) is 10.0 Å². The minimum Gasteiger partial charge on any atom is -0.495 e. The van der Waals surface area contributed by atoms with E-state index in [1.807, 2.05) is 0 Å². The number of rotatable bonds is 6. The van der Waals surface area contributed by atoms with Crippen molar-refractivity contribution in [3.05, 3.63) is 51.5 Å². The predicted octanol–water partition coefficient (Wildman–Crippen LogP) is 3.96. The van der Waals surface area contributed by atoms with Gasteiger partial charge in [0.05, 0.1) is 23.9 Å². The monoisotopic (exact) mass is 436 g/mol. The first kappa shape index (κ1) is 20.8. The molecule has 2 aromatic rings. The van der Waals surface area contributed by atoms with Crippen molar-refractivity contribution < 1.29 is 17.9 Å².